The van der Waals surface area contributed by atoms with Crippen molar-refractivity contribution in [3.8, 4) is 0 Å². The third-order valence-electron chi connectivity index (χ3n) is 0.638. The lowest BCUT2D eigenvalue weighted by molar-refractivity contribution is -0.173. The molecule has 4 nitrogen and oxygen atoms in total. The minimum absolute atomic E-state index is 0.256. The van der Waals surface area contributed by atoms with Gasteiger partial charge in [0.1, 0.15) is 0 Å². The molecule has 0 atom stereocenters. The second-order valence-corrected chi connectivity index (χ2v) is 1.19. The molecule has 0 unspecified atom stereocenters. The summed E-state index contributed by atoms with van der Waals surface area (Å²) in [7, 11) is 0. The van der Waals surface area contributed by atoms with Crippen LogP contribution in [0.4, 0.5) is 0 Å². The monoisotopic (exact) mass is 115 g/mol. The molecule has 0 aromatic rings. The third-order valence-corrected chi connectivity index (χ3v) is 0.638. The Labute approximate surface area is 45.4 Å². The van der Waals surface area contributed by atoms with E-state index in [9.17, 15) is 9.59 Å². The number of hydrogen-bond donors (Lipinski definition) is 0. The second-order valence-electron chi connectivity index (χ2n) is 1.19. The van der Waals surface area contributed by atoms with Gasteiger partial charge in [0.25, 0.3) is 0 Å². The molecular formula is C4H3O4. The molecule has 1 radical (unpaired) electrons. The zero-order valence-corrected chi connectivity index (χ0v) is 3.92. The Morgan fingerprint density at radius 1 is 1.25 bits per heavy atom. The first-order valence-corrected chi connectivity index (χ1v) is 1.97. The Balaban J connectivity index is 2.45. The number of ether oxygens (including phenoxy) is 2. The fourth-order valence-corrected chi connectivity index (χ4v) is 0.325. The topological polar surface area (TPSA) is 52.6 Å². The smallest absolute Gasteiger partial charge is 0.324 e. The van der Waals surface area contributed by atoms with Crippen molar-refractivity contribution in [2.45, 2.75) is 0 Å². The van der Waals surface area contributed by atoms with Crippen molar-refractivity contribution in [1.29, 1.82) is 0 Å². The Bertz CT molecular complexity index is 114. The minimum atomic E-state index is -0.638. The highest BCUT2D eigenvalue weighted by molar-refractivity contribution is 6.04. The summed E-state index contributed by atoms with van der Waals surface area (Å²) in [4.78, 5) is 20.2. The lowest BCUT2D eigenvalue weighted by Gasteiger charge is -2.08. The zero-order valence-electron chi connectivity index (χ0n) is 3.92. The standard InChI is InChI=1S/C4H3O4/c5-3-1-4(6)8-2-7-3/h1H,2H2. The molecule has 1 heterocycles. The van der Waals surface area contributed by atoms with Gasteiger partial charge in [-0.1, -0.05) is 0 Å². The number of carbonyl (C=O) groups is 2. The van der Waals surface area contributed by atoms with E-state index in [1.807, 2.05) is 0 Å². The normalized spacial score (nSPS) is 19.5. The van der Waals surface area contributed by atoms with Gasteiger partial charge in [0, 0.05) is 0 Å². The van der Waals surface area contributed by atoms with Crippen LogP contribution in [0.2, 0.25) is 0 Å². The summed E-state index contributed by atoms with van der Waals surface area (Å²) >= 11 is 0. The highest BCUT2D eigenvalue weighted by Gasteiger charge is 2.18. The summed E-state index contributed by atoms with van der Waals surface area (Å²) in [6.07, 6.45) is 0.753. The Morgan fingerprint density at radius 2 is 1.75 bits per heavy atom. The number of esters is 2. The van der Waals surface area contributed by atoms with Crippen molar-refractivity contribution in [1.82, 2.24) is 0 Å². The van der Waals surface area contributed by atoms with E-state index in [0.29, 0.717) is 0 Å². The SMILES string of the molecule is O=C1[CH]C(=O)OCO1. The van der Waals surface area contributed by atoms with Gasteiger partial charge in [-0.25, -0.2) is 0 Å². The molecule has 43 valence electrons. The van der Waals surface area contributed by atoms with Crippen molar-refractivity contribution in [3.63, 3.8) is 0 Å². The first kappa shape index (κ1) is 5.08. The van der Waals surface area contributed by atoms with Crippen LogP contribution in [0, 0.1) is 6.42 Å². The van der Waals surface area contributed by atoms with Crippen LogP contribution < -0.4 is 0 Å². The first-order valence-electron chi connectivity index (χ1n) is 1.97. The van der Waals surface area contributed by atoms with Gasteiger partial charge in [-0.3, -0.25) is 9.59 Å². The summed E-state index contributed by atoms with van der Waals surface area (Å²) in [5, 5.41) is 0. The summed E-state index contributed by atoms with van der Waals surface area (Å²) in [5.74, 6) is -1.28. The molecule has 4 heteroatoms. The van der Waals surface area contributed by atoms with E-state index in [0.717, 1.165) is 6.42 Å². The van der Waals surface area contributed by atoms with Crippen molar-refractivity contribution >= 4 is 11.9 Å². The predicted molar refractivity (Wildman–Crippen MR) is 21.4 cm³/mol. The molecule has 1 rings (SSSR count). The Morgan fingerprint density at radius 3 is 2.00 bits per heavy atom. The first-order chi connectivity index (χ1) is 3.79. The maximum absolute atomic E-state index is 10.1. The molecule has 8 heavy (non-hydrogen) atoms. The van der Waals surface area contributed by atoms with Crippen LogP contribution in [0.5, 0.6) is 0 Å². The van der Waals surface area contributed by atoms with Gasteiger partial charge in [-0.2, -0.15) is 0 Å². The van der Waals surface area contributed by atoms with Gasteiger partial charge >= 0.3 is 11.9 Å². The Hall–Kier alpha value is -1.06. The van der Waals surface area contributed by atoms with Crippen LogP contribution in [0.25, 0.3) is 0 Å². The molecule has 1 saturated heterocycles. The van der Waals surface area contributed by atoms with E-state index in [1.165, 1.54) is 0 Å². The molecule has 0 aromatic heterocycles. The average molecular weight is 115 g/mol. The highest BCUT2D eigenvalue weighted by Crippen LogP contribution is 1.95. The fourth-order valence-electron chi connectivity index (χ4n) is 0.325. The van der Waals surface area contributed by atoms with Gasteiger partial charge in [0.2, 0.25) is 6.79 Å². The van der Waals surface area contributed by atoms with Gasteiger partial charge < -0.3 is 9.47 Å². The van der Waals surface area contributed by atoms with Gasteiger partial charge in [-0.05, 0) is 0 Å². The molecule has 1 fully saturated rings. The largest absolute Gasteiger partial charge is 0.427 e. The highest BCUT2D eigenvalue weighted by atomic mass is 16.7. The molecule has 0 saturated carbocycles. The van der Waals surface area contributed by atoms with E-state index in [2.05, 4.69) is 9.47 Å². The molecule has 0 aromatic carbocycles. The molecule has 0 amide bonds. The van der Waals surface area contributed by atoms with Gasteiger partial charge in [0.05, 0.1) is 0 Å². The number of carbonyl (C=O) groups excluding carboxylic acids is 2. The van der Waals surface area contributed by atoms with E-state index < -0.39 is 11.9 Å². The van der Waals surface area contributed by atoms with Crippen molar-refractivity contribution in [2.75, 3.05) is 6.79 Å². The lowest BCUT2D eigenvalue weighted by atomic mass is 10.4. The van der Waals surface area contributed by atoms with Crippen LogP contribution in [0.3, 0.4) is 0 Å². The van der Waals surface area contributed by atoms with Crippen LogP contribution in [-0.4, -0.2) is 18.7 Å². The zero-order chi connectivity index (χ0) is 5.98. The summed E-state index contributed by atoms with van der Waals surface area (Å²) in [6, 6.07) is 0. The van der Waals surface area contributed by atoms with Crippen LogP contribution in [0.1, 0.15) is 0 Å². The minimum Gasteiger partial charge on any atom is -0.427 e. The summed E-state index contributed by atoms with van der Waals surface area (Å²) in [6.45, 7) is -0.256. The molecule has 0 N–H and O–H groups in total. The predicted octanol–water partition coefficient (Wildman–Crippen LogP) is -0.752. The lowest BCUT2D eigenvalue weighted by Crippen LogP contribution is -2.23. The maximum atomic E-state index is 10.1. The maximum Gasteiger partial charge on any atom is 0.324 e. The van der Waals surface area contributed by atoms with E-state index in [1.54, 1.807) is 0 Å². The van der Waals surface area contributed by atoms with E-state index >= 15 is 0 Å². The quantitative estimate of drug-likeness (QED) is 0.390. The number of hydrogen-bond acceptors (Lipinski definition) is 4. The van der Waals surface area contributed by atoms with Crippen molar-refractivity contribution in [3.05, 3.63) is 6.42 Å². The molecule has 0 bridgehead atoms. The van der Waals surface area contributed by atoms with E-state index in [-0.39, 0.29) is 6.79 Å². The third kappa shape index (κ3) is 0.959. The van der Waals surface area contributed by atoms with Crippen molar-refractivity contribution in [2.24, 2.45) is 0 Å². The Kier molecular flexibility index (Phi) is 1.15. The molecular weight excluding hydrogens is 112 g/mol. The van der Waals surface area contributed by atoms with Crippen LogP contribution >= 0.6 is 0 Å². The van der Waals surface area contributed by atoms with Crippen LogP contribution in [0.15, 0.2) is 0 Å². The fraction of sp³-hybridized carbons (Fsp3) is 0.250. The average Bonchev–Trinajstić information content (AvgIpc) is 1.64. The van der Waals surface area contributed by atoms with Gasteiger partial charge in [-0.15, -0.1) is 0 Å². The second kappa shape index (κ2) is 1.81. The number of cyclic esters (lactones) is 2. The molecule has 1 aliphatic rings. The summed E-state index contributed by atoms with van der Waals surface area (Å²) in [5.41, 5.74) is 0. The number of rotatable bonds is 0. The molecule has 0 aliphatic carbocycles. The summed E-state index contributed by atoms with van der Waals surface area (Å²) < 4.78 is 8.42. The van der Waals surface area contributed by atoms with Gasteiger partial charge in [0.15, 0.2) is 6.42 Å². The van der Waals surface area contributed by atoms with E-state index in [4.69, 9.17) is 0 Å². The molecule has 0 spiro atoms. The van der Waals surface area contributed by atoms with Crippen LogP contribution in [-0.2, 0) is 19.1 Å². The van der Waals surface area contributed by atoms with Crippen molar-refractivity contribution < 1.29 is 19.1 Å². The molecule has 1 aliphatic heterocycles.